The number of hydrogen-bond acceptors (Lipinski definition) is 2. The second kappa shape index (κ2) is 7.25. The smallest absolute Gasteiger partial charge is 0.387 e. The molecule has 24 heavy (non-hydrogen) atoms. The molecule has 1 atom stereocenters. The lowest BCUT2D eigenvalue weighted by Gasteiger charge is -2.40. The van der Waals surface area contributed by atoms with E-state index in [4.69, 9.17) is 0 Å². The number of ether oxygens (including phenoxy) is 1. The fraction of sp³-hybridized carbons (Fsp3) is 0.211. The Hall–Kier alpha value is -2.69. The van der Waals surface area contributed by atoms with Crippen LogP contribution in [0.2, 0.25) is 0 Å². The van der Waals surface area contributed by atoms with Gasteiger partial charge in [-0.25, -0.2) is 0 Å². The van der Waals surface area contributed by atoms with E-state index in [1.807, 2.05) is 30.3 Å². The third-order valence-electron chi connectivity index (χ3n) is 4.03. The summed E-state index contributed by atoms with van der Waals surface area (Å²) in [5, 5.41) is 0. The van der Waals surface area contributed by atoms with Crippen LogP contribution in [0.3, 0.4) is 0 Å². The van der Waals surface area contributed by atoms with Crippen LogP contribution < -0.4 is 4.74 Å². The molecule has 1 saturated heterocycles. The molecule has 0 N–H and O–H groups in total. The van der Waals surface area contributed by atoms with Crippen LogP contribution in [0.1, 0.15) is 23.6 Å². The van der Waals surface area contributed by atoms with E-state index in [2.05, 4.69) is 4.74 Å². The van der Waals surface area contributed by atoms with E-state index in [1.54, 1.807) is 23.1 Å². The Kier molecular flexibility index (Phi) is 4.89. The van der Waals surface area contributed by atoms with Crippen molar-refractivity contribution >= 4 is 12.0 Å². The van der Waals surface area contributed by atoms with Crippen molar-refractivity contribution in [2.24, 2.45) is 0 Å². The third kappa shape index (κ3) is 3.62. The molecule has 1 amide bonds. The molecule has 3 nitrogen and oxygen atoms in total. The van der Waals surface area contributed by atoms with Crippen molar-refractivity contribution in [3.8, 4) is 5.75 Å². The van der Waals surface area contributed by atoms with Crippen LogP contribution in [-0.4, -0.2) is 24.0 Å². The van der Waals surface area contributed by atoms with Gasteiger partial charge in [0.05, 0.1) is 6.04 Å². The Morgan fingerprint density at radius 3 is 2.50 bits per heavy atom. The van der Waals surface area contributed by atoms with Gasteiger partial charge in [-0.1, -0.05) is 48.5 Å². The normalized spacial score (nSPS) is 17.1. The molecule has 2 aromatic rings. The monoisotopic (exact) mass is 329 g/mol. The van der Waals surface area contributed by atoms with Crippen LogP contribution in [0.15, 0.2) is 60.7 Å². The SMILES string of the molecule is O=C(/C=C/c1ccccc1OC(F)F)N1CCC1c1ccccc1. The molecule has 3 rings (SSSR count). The van der Waals surface area contributed by atoms with Crippen molar-refractivity contribution in [2.45, 2.75) is 19.1 Å². The lowest BCUT2D eigenvalue weighted by atomic mass is 9.94. The standard InChI is InChI=1S/C19H17F2NO2/c20-19(21)24-17-9-5-4-8-15(17)10-11-18(23)22-13-12-16(22)14-6-2-1-3-7-14/h1-11,16,19H,12-13H2/b11-10+. The molecule has 1 fully saturated rings. The van der Waals surface area contributed by atoms with Crippen LogP contribution in [0.4, 0.5) is 8.78 Å². The summed E-state index contributed by atoms with van der Waals surface area (Å²) in [5.41, 5.74) is 1.55. The quantitative estimate of drug-likeness (QED) is 0.767. The van der Waals surface area contributed by atoms with Gasteiger partial charge in [0.15, 0.2) is 0 Å². The molecule has 2 aromatic carbocycles. The van der Waals surface area contributed by atoms with Gasteiger partial charge < -0.3 is 9.64 Å². The highest BCUT2D eigenvalue weighted by atomic mass is 19.3. The zero-order chi connectivity index (χ0) is 16.9. The van der Waals surface area contributed by atoms with E-state index < -0.39 is 6.61 Å². The Labute approximate surface area is 139 Å². The minimum absolute atomic E-state index is 0.0553. The minimum Gasteiger partial charge on any atom is -0.434 e. The van der Waals surface area contributed by atoms with Gasteiger partial charge in [-0.05, 0) is 24.1 Å². The number of hydrogen-bond donors (Lipinski definition) is 0. The number of para-hydroxylation sites is 1. The van der Waals surface area contributed by atoms with Crippen LogP contribution in [0, 0.1) is 0 Å². The molecule has 0 saturated carbocycles. The van der Waals surface area contributed by atoms with E-state index in [9.17, 15) is 13.6 Å². The maximum absolute atomic E-state index is 12.4. The van der Waals surface area contributed by atoms with Crippen molar-refractivity contribution < 1.29 is 18.3 Å². The summed E-state index contributed by atoms with van der Waals surface area (Å²) in [6, 6.07) is 16.3. The molecular formula is C19H17F2NO2. The molecule has 0 radical (unpaired) electrons. The highest BCUT2D eigenvalue weighted by molar-refractivity contribution is 5.93. The predicted molar refractivity (Wildman–Crippen MR) is 87.6 cm³/mol. The fourth-order valence-electron chi connectivity index (χ4n) is 2.75. The maximum Gasteiger partial charge on any atom is 0.387 e. The summed E-state index contributed by atoms with van der Waals surface area (Å²) < 4.78 is 29.3. The number of alkyl halides is 2. The van der Waals surface area contributed by atoms with Crippen LogP contribution in [-0.2, 0) is 4.79 Å². The molecular weight excluding hydrogens is 312 g/mol. The van der Waals surface area contributed by atoms with Gasteiger partial charge in [0, 0.05) is 18.2 Å². The highest BCUT2D eigenvalue weighted by Gasteiger charge is 2.31. The van der Waals surface area contributed by atoms with E-state index >= 15 is 0 Å². The molecule has 124 valence electrons. The lowest BCUT2D eigenvalue weighted by Crippen LogP contribution is -2.44. The minimum atomic E-state index is -2.90. The van der Waals surface area contributed by atoms with Crippen molar-refractivity contribution in [3.05, 3.63) is 71.8 Å². The van der Waals surface area contributed by atoms with E-state index in [-0.39, 0.29) is 17.7 Å². The van der Waals surface area contributed by atoms with Crippen molar-refractivity contribution in [1.82, 2.24) is 4.90 Å². The predicted octanol–water partition coefficient (Wildman–Crippen LogP) is 4.27. The fourth-order valence-corrected chi connectivity index (χ4v) is 2.75. The molecule has 0 aromatic heterocycles. The average molecular weight is 329 g/mol. The lowest BCUT2D eigenvalue weighted by molar-refractivity contribution is -0.133. The molecule has 1 heterocycles. The number of benzene rings is 2. The Balaban J connectivity index is 1.70. The first-order valence-corrected chi connectivity index (χ1v) is 7.72. The topological polar surface area (TPSA) is 29.5 Å². The molecule has 1 aliphatic rings. The summed E-state index contributed by atoms with van der Waals surface area (Å²) in [7, 11) is 0. The Morgan fingerprint density at radius 2 is 1.83 bits per heavy atom. The van der Waals surface area contributed by atoms with Gasteiger partial charge in [0.1, 0.15) is 5.75 Å². The number of carbonyl (C=O) groups is 1. The first-order valence-electron chi connectivity index (χ1n) is 7.72. The summed E-state index contributed by atoms with van der Waals surface area (Å²) in [6.45, 7) is -2.20. The van der Waals surface area contributed by atoms with E-state index in [1.165, 1.54) is 18.2 Å². The number of rotatable bonds is 5. The van der Waals surface area contributed by atoms with Gasteiger partial charge >= 0.3 is 6.61 Å². The Morgan fingerprint density at radius 1 is 1.12 bits per heavy atom. The van der Waals surface area contributed by atoms with Crippen molar-refractivity contribution in [2.75, 3.05) is 6.54 Å². The summed E-state index contributed by atoms with van der Waals surface area (Å²) >= 11 is 0. The van der Waals surface area contributed by atoms with Gasteiger partial charge in [-0.3, -0.25) is 4.79 Å². The van der Waals surface area contributed by atoms with Crippen molar-refractivity contribution in [1.29, 1.82) is 0 Å². The second-order valence-corrected chi connectivity index (χ2v) is 5.50. The third-order valence-corrected chi connectivity index (χ3v) is 4.03. The van der Waals surface area contributed by atoms with Crippen LogP contribution in [0.25, 0.3) is 6.08 Å². The zero-order valence-electron chi connectivity index (χ0n) is 12.9. The summed E-state index contributed by atoms with van der Waals surface area (Å²) in [6.07, 6.45) is 3.85. The molecule has 5 heteroatoms. The molecule has 0 aliphatic carbocycles. The van der Waals surface area contributed by atoms with Crippen LogP contribution in [0.5, 0.6) is 5.75 Å². The number of carbonyl (C=O) groups excluding carboxylic acids is 1. The van der Waals surface area contributed by atoms with Gasteiger partial charge in [0.25, 0.3) is 0 Å². The average Bonchev–Trinajstić information content (AvgIpc) is 2.53. The number of nitrogens with zero attached hydrogens (tertiary/aromatic N) is 1. The maximum atomic E-state index is 12.4. The highest BCUT2D eigenvalue weighted by Crippen LogP contribution is 2.33. The van der Waals surface area contributed by atoms with Gasteiger partial charge in [0.2, 0.25) is 5.91 Å². The van der Waals surface area contributed by atoms with Gasteiger partial charge in [-0.15, -0.1) is 0 Å². The summed E-state index contributed by atoms with van der Waals surface area (Å²) in [4.78, 5) is 14.1. The largest absolute Gasteiger partial charge is 0.434 e. The molecule has 0 bridgehead atoms. The number of halogens is 2. The van der Waals surface area contributed by atoms with E-state index in [0.717, 1.165) is 12.0 Å². The first kappa shape index (κ1) is 16.2. The molecule has 0 spiro atoms. The number of likely N-dealkylation sites (tertiary alicyclic amines) is 1. The zero-order valence-corrected chi connectivity index (χ0v) is 12.9. The van der Waals surface area contributed by atoms with Crippen LogP contribution >= 0.6 is 0 Å². The summed E-state index contributed by atoms with van der Waals surface area (Å²) in [5.74, 6) is -0.0817. The second-order valence-electron chi connectivity index (χ2n) is 5.50. The first-order chi connectivity index (χ1) is 11.6. The molecule has 1 unspecified atom stereocenters. The van der Waals surface area contributed by atoms with Crippen molar-refractivity contribution in [3.63, 3.8) is 0 Å². The number of amides is 1. The molecule has 1 aliphatic heterocycles. The van der Waals surface area contributed by atoms with E-state index in [0.29, 0.717) is 12.1 Å². The van der Waals surface area contributed by atoms with Gasteiger partial charge in [-0.2, -0.15) is 8.78 Å². The Bertz CT molecular complexity index is 731.